The van der Waals surface area contributed by atoms with Gasteiger partial charge in [-0.25, -0.2) is 0 Å². The van der Waals surface area contributed by atoms with Gasteiger partial charge in [0.2, 0.25) is 0 Å². The second-order valence-corrected chi connectivity index (χ2v) is 3.25. The van der Waals surface area contributed by atoms with Crippen molar-refractivity contribution in [2.75, 3.05) is 11.9 Å². The predicted molar refractivity (Wildman–Crippen MR) is 56.5 cm³/mol. The summed E-state index contributed by atoms with van der Waals surface area (Å²) >= 11 is 0. The zero-order valence-electron chi connectivity index (χ0n) is 9.65. The van der Waals surface area contributed by atoms with Gasteiger partial charge in [-0.15, -0.1) is 0 Å². The lowest BCUT2D eigenvalue weighted by atomic mass is 10.0. The van der Waals surface area contributed by atoms with Crippen molar-refractivity contribution in [2.24, 2.45) is 0 Å². The quantitative estimate of drug-likeness (QED) is 0.733. The normalized spacial score (nSPS) is 11.2. The highest BCUT2D eigenvalue weighted by Gasteiger charge is 2.08. The second-order valence-electron chi connectivity index (χ2n) is 3.25. The summed E-state index contributed by atoms with van der Waals surface area (Å²) in [6, 6.07) is 0.420. The highest BCUT2D eigenvalue weighted by atomic mass is 16.3. The molecule has 0 spiro atoms. The summed E-state index contributed by atoms with van der Waals surface area (Å²) in [5.41, 5.74) is 3.28. The standard InChI is InChI=1S/C11H17NO/c1-5-12-10-7(2)6-8(3)11(13)9(10)4/h6,12-13H,5H2,1-4H3/i6D. The van der Waals surface area contributed by atoms with Crippen LogP contribution in [0.3, 0.4) is 0 Å². The fourth-order valence-electron chi connectivity index (χ4n) is 1.53. The van der Waals surface area contributed by atoms with Crippen molar-refractivity contribution >= 4 is 5.69 Å². The van der Waals surface area contributed by atoms with Gasteiger partial charge < -0.3 is 10.4 Å². The number of hydrogen-bond acceptors (Lipinski definition) is 2. The SMILES string of the molecule is [2H]c1c(C)c(O)c(C)c(NCC)c1C. The molecule has 13 heavy (non-hydrogen) atoms. The largest absolute Gasteiger partial charge is 0.507 e. The number of anilines is 1. The van der Waals surface area contributed by atoms with Crippen LogP contribution in [-0.2, 0) is 0 Å². The minimum absolute atomic E-state index is 0.233. The van der Waals surface area contributed by atoms with E-state index < -0.39 is 0 Å². The molecule has 2 nitrogen and oxygen atoms in total. The molecule has 1 aromatic carbocycles. The van der Waals surface area contributed by atoms with Crippen LogP contribution in [0.1, 0.15) is 25.0 Å². The second kappa shape index (κ2) is 3.69. The molecule has 0 bridgehead atoms. The smallest absolute Gasteiger partial charge is 0.123 e. The van der Waals surface area contributed by atoms with Crippen LogP contribution in [-0.4, -0.2) is 11.7 Å². The van der Waals surface area contributed by atoms with Crippen molar-refractivity contribution in [3.8, 4) is 5.75 Å². The number of nitrogens with one attached hydrogen (secondary N) is 1. The molecule has 0 saturated heterocycles. The van der Waals surface area contributed by atoms with Crippen LogP contribution in [0.4, 0.5) is 5.69 Å². The van der Waals surface area contributed by atoms with Gasteiger partial charge in [0.05, 0.1) is 1.37 Å². The lowest BCUT2D eigenvalue weighted by Gasteiger charge is -2.14. The third kappa shape index (κ3) is 1.77. The summed E-state index contributed by atoms with van der Waals surface area (Å²) in [6.45, 7) is 8.34. The van der Waals surface area contributed by atoms with Gasteiger partial charge in [-0.1, -0.05) is 6.04 Å². The number of rotatable bonds is 2. The van der Waals surface area contributed by atoms with Gasteiger partial charge in [0.1, 0.15) is 5.75 Å². The van der Waals surface area contributed by atoms with Crippen LogP contribution in [0.25, 0.3) is 0 Å². The molecule has 0 unspecified atom stereocenters. The Morgan fingerprint density at radius 1 is 1.38 bits per heavy atom. The zero-order valence-corrected chi connectivity index (χ0v) is 8.65. The van der Waals surface area contributed by atoms with Crippen molar-refractivity contribution in [3.05, 3.63) is 22.7 Å². The first-order valence-corrected chi connectivity index (χ1v) is 4.53. The minimum Gasteiger partial charge on any atom is -0.507 e. The van der Waals surface area contributed by atoms with E-state index in [9.17, 15) is 5.11 Å². The van der Waals surface area contributed by atoms with E-state index in [2.05, 4.69) is 5.32 Å². The lowest BCUT2D eigenvalue weighted by molar-refractivity contribution is 0.467. The van der Waals surface area contributed by atoms with E-state index in [1.165, 1.54) is 0 Å². The molecule has 0 radical (unpaired) electrons. The van der Waals surface area contributed by atoms with E-state index >= 15 is 0 Å². The van der Waals surface area contributed by atoms with Crippen molar-refractivity contribution in [1.82, 2.24) is 0 Å². The maximum atomic E-state index is 9.76. The molecular formula is C11H17NO. The van der Waals surface area contributed by atoms with Crippen LogP contribution in [0.15, 0.2) is 6.04 Å². The molecule has 0 aliphatic rings. The fourth-order valence-corrected chi connectivity index (χ4v) is 1.53. The Bertz CT molecular complexity index is 332. The highest BCUT2D eigenvalue weighted by Crippen LogP contribution is 2.31. The van der Waals surface area contributed by atoms with Gasteiger partial charge in [0.25, 0.3) is 0 Å². The van der Waals surface area contributed by atoms with Crippen molar-refractivity contribution in [2.45, 2.75) is 27.7 Å². The first-order valence-electron chi connectivity index (χ1n) is 5.03. The highest BCUT2D eigenvalue weighted by molar-refractivity contribution is 5.63. The van der Waals surface area contributed by atoms with Crippen LogP contribution in [0, 0.1) is 20.8 Å². The Balaban J connectivity index is 3.43. The van der Waals surface area contributed by atoms with E-state index in [4.69, 9.17) is 1.37 Å². The molecule has 0 atom stereocenters. The monoisotopic (exact) mass is 180 g/mol. The third-order valence-corrected chi connectivity index (χ3v) is 2.19. The third-order valence-electron chi connectivity index (χ3n) is 2.19. The maximum Gasteiger partial charge on any atom is 0.123 e. The number of phenolic OH excluding ortho intramolecular Hbond substituents is 1. The topological polar surface area (TPSA) is 32.3 Å². The van der Waals surface area contributed by atoms with Gasteiger partial charge in [0, 0.05) is 17.8 Å². The van der Waals surface area contributed by atoms with Gasteiger partial charge in [0.15, 0.2) is 0 Å². The van der Waals surface area contributed by atoms with Gasteiger partial charge in [-0.05, 0) is 38.8 Å². The molecule has 2 heteroatoms. The molecule has 0 aromatic heterocycles. The number of aromatic hydroxyl groups is 1. The number of phenols is 1. The van der Waals surface area contributed by atoms with E-state index in [0.29, 0.717) is 11.6 Å². The Morgan fingerprint density at radius 3 is 2.54 bits per heavy atom. The lowest BCUT2D eigenvalue weighted by Crippen LogP contribution is -2.01. The average molecular weight is 180 g/mol. The number of hydrogen-bond donors (Lipinski definition) is 2. The molecular weight excluding hydrogens is 162 g/mol. The molecule has 1 aromatic rings. The van der Waals surface area contributed by atoms with Crippen LogP contribution < -0.4 is 5.32 Å². The molecule has 0 fully saturated rings. The van der Waals surface area contributed by atoms with Crippen molar-refractivity contribution < 1.29 is 6.48 Å². The fraction of sp³-hybridized carbons (Fsp3) is 0.455. The first-order chi connectivity index (χ1) is 6.50. The Kier molecular flexibility index (Phi) is 2.39. The molecule has 0 aliphatic carbocycles. The molecule has 0 heterocycles. The van der Waals surface area contributed by atoms with Gasteiger partial charge >= 0.3 is 0 Å². The maximum absolute atomic E-state index is 9.76. The van der Waals surface area contributed by atoms with Crippen LogP contribution >= 0.6 is 0 Å². The summed E-state index contributed by atoms with van der Waals surface area (Å²) in [7, 11) is 0. The first kappa shape index (κ1) is 8.42. The Labute approximate surface area is 81.0 Å². The van der Waals surface area contributed by atoms with E-state index in [1.807, 2.05) is 20.8 Å². The summed E-state index contributed by atoms with van der Waals surface area (Å²) in [5.74, 6) is 0.233. The molecule has 2 N–H and O–H groups in total. The summed E-state index contributed by atoms with van der Waals surface area (Å²) < 4.78 is 7.80. The van der Waals surface area contributed by atoms with Crippen LogP contribution in [0.5, 0.6) is 5.75 Å². The van der Waals surface area contributed by atoms with E-state index in [-0.39, 0.29) is 5.75 Å². The number of benzene rings is 1. The summed E-state index contributed by atoms with van der Waals surface area (Å²) in [5, 5.41) is 12.9. The Hall–Kier alpha value is -1.18. The summed E-state index contributed by atoms with van der Waals surface area (Å²) in [6.07, 6.45) is 0. The van der Waals surface area contributed by atoms with Crippen LogP contribution in [0.2, 0.25) is 0 Å². The molecule has 0 amide bonds. The Morgan fingerprint density at radius 2 is 2.00 bits per heavy atom. The zero-order chi connectivity index (χ0) is 10.9. The molecule has 0 aliphatic heterocycles. The average Bonchev–Trinajstić information content (AvgIpc) is 2.19. The predicted octanol–water partition coefficient (Wildman–Crippen LogP) is 2.75. The molecule has 1 rings (SSSR count). The minimum atomic E-state index is 0.233. The van der Waals surface area contributed by atoms with Gasteiger partial charge in [-0.3, -0.25) is 0 Å². The molecule has 72 valence electrons. The summed E-state index contributed by atoms with van der Waals surface area (Å²) in [4.78, 5) is 0. The van der Waals surface area contributed by atoms with Crippen molar-refractivity contribution in [3.63, 3.8) is 0 Å². The molecule has 0 saturated carbocycles. The van der Waals surface area contributed by atoms with E-state index in [0.717, 1.165) is 23.4 Å². The van der Waals surface area contributed by atoms with Crippen molar-refractivity contribution in [1.29, 1.82) is 0 Å². The van der Waals surface area contributed by atoms with Gasteiger partial charge in [-0.2, -0.15) is 0 Å². The van der Waals surface area contributed by atoms with E-state index in [1.54, 1.807) is 6.92 Å².